The first-order chi connectivity index (χ1) is 8.94. The zero-order valence-corrected chi connectivity index (χ0v) is 12.5. The summed E-state index contributed by atoms with van der Waals surface area (Å²) in [4.78, 5) is 0.546. The molecule has 0 saturated heterocycles. The molecule has 1 aromatic carbocycles. The monoisotopic (exact) mass is 285 g/mol. The minimum Gasteiger partial charge on any atom is -0.315 e. The number of benzene rings is 1. The molecule has 0 heterocycles. The maximum absolute atomic E-state index is 13.7. The van der Waals surface area contributed by atoms with Crippen LogP contribution in [0.1, 0.15) is 33.1 Å². The van der Waals surface area contributed by atoms with Gasteiger partial charge in [-0.1, -0.05) is 20.3 Å². The van der Waals surface area contributed by atoms with Crippen LogP contribution in [0.3, 0.4) is 0 Å². The molecular weight excluding hydrogens is 264 g/mol. The van der Waals surface area contributed by atoms with Crippen molar-refractivity contribution in [2.45, 2.75) is 49.3 Å². The quantitative estimate of drug-likeness (QED) is 0.892. The Balaban J connectivity index is 2.17. The summed E-state index contributed by atoms with van der Waals surface area (Å²) < 4.78 is 26.7. The molecule has 0 aliphatic heterocycles. The molecule has 0 aromatic heterocycles. The standard InChI is InChI=1S/C15H21F2NS/c1-15(2)8-4-5-13(14(15)18-3)19-12-7-6-10(16)9-11(12)17/h6-7,9,13-14,18H,4-5,8H2,1-3H3. The second-order valence-electron chi connectivity index (χ2n) is 5.88. The molecule has 0 amide bonds. The summed E-state index contributed by atoms with van der Waals surface area (Å²) in [7, 11) is 1.96. The Hall–Kier alpha value is -0.610. The molecule has 4 heteroatoms. The van der Waals surface area contributed by atoms with Gasteiger partial charge < -0.3 is 5.32 Å². The van der Waals surface area contributed by atoms with Gasteiger partial charge in [0.1, 0.15) is 11.6 Å². The molecule has 1 fully saturated rings. The Morgan fingerprint density at radius 3 is 2.68 bits per heavy atom. The zero-order valence-electron chi connectivity index (χ0n) is 11.7. The lowest BCUT2D eigenvalue weighted by molar-refractivity contribution is 0.182. The lowest BCUT2D eigenvalue weighted by atomic mass is 9.73. The van der Waals surface area contributed by atoms with E-state index in [-0.39, 0.29) is 5.41 Å². The van der Waals surface area contributed by atoms with Gasteiger partial charge in [-0.3, -0.25) is 0 Å². The molecular formula is C15H21F2NS. The van der Waals surface area contributed by atoms with Crippen molar-refractivity contribution in [3.8, 4) is 0 Å². The third kappa shape index (κ3) is 3.29. The number of hydrogen-bond donors (Lipinski definition) is 1. The molecule has 106 valence electrons. The van der Waals surface area contributed by atoms with E-state index in [0.717, 1.165) is 18.9 Å². The third-order valence-corrected chi connectivity index (χ3v) is 5.40. The molecule has 0 radical (unpaired) electrons. The molecule has 1 aliphatic rings. The Kier molecular flexibility index (Phi) is 4.51. The minimum absolute atomic E-state index is 0.209. The highest BCUT2D eigenvalue weighted by Crippen LogP contribution is 2.43. The van der Waals surface area contributed by atoms with Crippen LogP contribution < -0.4 is 5.32 Å². The largest absolute Gasteiger partial charge is 0.315 e. The zero-order chi connectivity index (χ0) is 14.0. The first-order valence-corrected chi connectivity index (χ1v) is 7.61. The van der Waals surface area contributed by atoms with Crippen LogP contribution in [0.4, 0.5) is 8.78 Å². The summed E-state index contributed by atoms with van der Waals surface area (Å²) in [6.07, 6.45) is 3.41. The normalized spacial score (nSPS) is 26.4. The van der Waals surface area contributed by atoms with Gasteiger partial charge in [0.2, 0.25) is 0 Å². The highest BCUT2D eigenvalue weighted by molar-refractivity contribution is 8.00. The fourth-order valence-corrected chi connectivity index (χ4v) is 4.59. The highest BCUT2D eigenvalue weighted by Gasteiger charge is 2.38. The molecule has 1 aliphatic carbocycles. The van der Waals surface area contributed by atoms with Crippen molar-refractivity contribution >= 4 is 11.8 Å². The van der Waals surface area contributed by atoms with E-state index in [0.29, 0.717) is 16.2 Å². The Labute approximate surface area is 118 Å². The van der Waals surface area contributed by atoms with Gasteiger partial charge in [0.05, 0.1) is 0 Å². The average Bonchev–Trinajstić information content (AvgIpc) is 2.32. The summed E-state index contributed by atoms with van der Waals surface area (Å²) >= 11 is 1.53. The van der Waals surface area contributed by atoms with E-state index >= 15 is 0 Å². The number of thioether (sulfide) groups is 1. The molecule has 1 saturated carbocycles. The van der Waals surface area contributed by atoms with Crippen LogP contribution in [0, 0.1) is 17.0 Å². The SMILES string of the molecule is CNC1C(Sc2ccc(F)cc2F)CCCC1(C)C. The van der Waals surface area contributed by atoms with Crippen LogP contribution in [0.15, 0.2) is 23.1 Å². The van der Waals surface area contributed by atoms with Crippen LogP contribution >= 0.6 is 11.8 Å². The average molecular weight is 285 g/mol. The van der Waals surface area contributed by atoms with Crippen LogP contribution in [-0.4, -0.2) is 18.3 Å². The number of rotatable bonds is 3. The molecule has 0 spiro atoms. The predicted molar refractivity (Wildman–Crippen MR) is 76.5 cm³/mol. The van der Waals surface area contributed by atoms with E-state index in [4.69, 9.17) is 0 Å². The predicted octanol–water partition coefficient (Wildman–Crippen LogP) is 4.22. The van der Waals surface area contributed by atoms with Gasteiger partial charge in [-0.25, -0.2) is 8.78 Å². The van der Waals surface area contributed by atoms with Crippen LogP contribution in [0.5, 0.6) is 0 Å². The third-order valence-electron chi connectivity index (χ3n) is 4.01. The van der Waals surface area contributed by atoms with E-state index in [9.17, 15) is 8.78 Å². The van der Waals surface area contributed by atoms with Gasteiger partial charge in [0.25, 0.3) is 0 Å². The minimum atomic E-state index is -0.518. The van der Waals surface area contributed by atoms with Gasteiger partial charge in [-0.15, -0.1) is 11.8 Å². The first-order valence-electron chi connectivity index (χ1n) is 6.73. The highest BCUT2D eigenvalue weighted by atomic mass is 32.2. The Bertz CT molecular complexity index is 448. The summed E-state index contributed by atoms with van der Waals surface area (Å²) in [6.45, 7) is 4.50. The second-order valence-corrected chi connectivity index (χ2v) is 7.16. The van der Waals surface area contributed by atoms with Crippen LogP contribution in [0.2, 0.25) is 0 Å². The molecule has 2 unspecified atom stereocenters. The lowest BCUT2D eigenvalue weighted by Crippen LogP contribution is -2.49. The summed E-state index contributed by atoms with van der Waals surface area (Å²) in [5.41, 5.74) is 0.209. The number of hydrogen-bond acceptors (Lipinski definition) is 2. The molecule has 1 nitrogen and oxygen atoms in total. The summed E-state index contributed by atoms with van der Waals surface area (Å²) in [5, 5.41) is 3.71. The molecule has 2 rings (SSSR count). The Morgan fingerprint density at radius 2 is 2.05 bits per heavy atom. The summed E-state index contributed by atoms with van der Waals surface area (Å²) in [5.74, 6) is -0.973. The van der Waals surface area contributed by atoms with Gasteiger partial charge in [0.15, 0.2) is 0 Å². The fourth-order valence-electron chi connectivity index (χ4n) is 3.02. The van der Waals surface area contributed by atoms with E-state index in [2.05, 4.69) is 19.2 Å². The maximum atomic E-state index is 13.7. The fraction of sp³-hybridized carbons (Fsp3) is 0.600. The lowest BCUT2D eigenvalue weighted by Gasteiger charge is -2.43. The van der Waals surface area contributed by atoms with Crippen molar-refractivity contribution in [2.24, 2.45) is 5.41 Å². The second kappa shape index (κ2) is 5.80. The van der Waals surface area contributed by atoms with Crippen molar-refractivity contribution in [3.63, 3.8) is 0 Å². The van der Waals surface area contributed by atoms with Crippen molar-refractivity contribution in [1.82, 2.24) is 5.32 Å². The first kappa shape index (κ1) is 14.8. The van der Waals surface area contributed by atoms with Crippen molar-refractivity contribution in [1.29, 1.82) is 0 Å². The van der Waals surface area contributed by atoms with Crippen molar-refractivity contribution < 1.29 is 8.78 Å². The van der Waals surface area contributed by atoms with Gasteiger partial charge in [0, 0.05) is 22.3 Å². The van der Waals surface area contributed by atoms with Crippen LogP contribution in [0.25, 0.3) is 0 Å². The smallest absolute Gasteiger partial charge is 0.139 e. The van der Waals surface area contributed by atoms with Crippen molar-refractivity contribution in [3.05, 3.63) is 29.8 Å². The molecule has 1 N–H and O–H groups in total. The Morgan fingerprint density at radius 1 is 1.32 bits per heavy atom. The van der Waals surface area contributed by atoms with Gasteiger partial charge in [-0.2, -0.15) is 0 Å². The van der Waals surface area contributed by atoms with E-state index < -0.39 is 11.6 Å². The molecule has 2 atom stereocenters. The van der Waals surface area contributed by atoms with E-state index in [1.807, 2.05) is 7.05 Å². The summed E-state index contributed by atoms with van der Waals surface area (Å²) in [6, 6.07) is 4.18. The van der Waals surface area contributed by atoms with Crippen molar-refractivity contribution in [2.75, 3.05) is 7.05 Å². The van der Waals surface area contributed by atoms with Crippen LogP contribution in [-0.2, 0) is 0 Å². The maximum Gasteiger partial charge on any atom is 0.139 e. The number of halogens is 2. The van der Waals surface area contributed by atoms with E-state index in [1.54, 1.807) is 6.07 Å². The van der Waals surface area contributed by atoms with Gasteiger partial charge >= 0.3 is 0 Å². The molecule has 19 heavy (non-hydrogen) atoms. The van der Waals surface area contributed by atoms with Gasteiger partial charge in [-0.05, 0) is 37.4 Å². The topological polar surface area (TPSA) is 12.0 Å². The molecule has 0 bridgehead atoms. The molecule has 1 aromatic rings. The number of nitrogens with one attached hydrogen (secondary N) is 1. The van der Waals surface area contributed by atoms with E-state index in [1.165, 1.54) is 24.2 Å².